The van der Waals surface area contributed by atoms with Crippen LogP contribution >= 0.6 is 27.5 Å². The maximum Gasteiger partial charge on any atom is 0.125 e. The van der Waals surface area contributed by atoms with Gasteiger partial charge in [0.15, 0.2) is 0 Å². The molecule has 0 aliphatic carbocycles. The van der Waals surface area contributed by atoms with E-state index in [-0.39, 0.29) is 0 Å². The lowest BCUT2D eigenvalue weighted by Crippen LogP contribution is -1.98. The predicted molar refractivity (Wildman–Crippen MR) is 81.4 cm³/mol. The Morgan fingerprint density at radius 2 is 1.84 bits per heavy atom. The Bertz CT molecular complexity index is 540. The Balaban J connectivity index is 2.07. The van der Waals surface area contributed by atoms with Crippen LogP contribution in [0.3, 0.4) is 0 Å². The molecule has 0 saturated heterocycles. The average molecular weight is 342 g/mol. The fourth-order valence-corrected chi connectivity index (χ4v) is 2.66. The molecule has 0 saturated carbocycles. The minimum atomic E-state index is 0.504. The van der Waals surface area contributed by atoms with E-state index in [4.69, 9.17) is 21.1 Å². The normalized spacial score (nSPS) is 10.3. The smallest absolute Gasteiger partial charge is 0.125 e. The molecule has 0 aromatic heterocycles. The molecule has 0 N–H and O–H groups in total. The minimum Gasteiger partial charge on any atom is -0.497 e. The van der Waals surface area contributed by atoms with Crippen molar-refractivity contribution in [3.05, 3.63) is 58.6 Å². The molecule has 0 atom stereocenters. The molecule has 0 bridgehead atoms. The summed E-state index contributed by atoms with van der Waals surface area (Å²) in [6.07, 6.45) is 0. The molecule has 2 aromatic carbocycles. The monoisotopic (exact) mass is 340 g/mol. The summed E-state index contributed by atoms with van der Waals surface area (Å²) in [6, 6.07) is 13.5. The lowest BCUT2D eigenvalue weighted by atomic mass is 10.2. The summed E-state index contributed by atoms with van der Waals surface area (Å²) in [6.45, 7) is 0.504. The number of hydrogen-bond acceptors (Lipinski definition) is 2. The molecule has 0 aliphatic rings. The van der Waals surface area contributed by atoms with E-state index in [0.29, 0.717) is 17.0 Å². The van der Waals surface area contributed by atoms with Gasteiger partial charge < -0.3 is 9.47 Å². The van der Waals surface area contributed by atoms with Crippen molar-refractivity contribution >= 4 is 27.5 Å². The minimum absolute atomic E-state index is 0.504. The highest BCUT2D eigenvalue weighted by Gasteiger charge is 2.07. The van der Waals surface area contributed by atoms with Crippen LogP contribution in [0.4, 0.5) is 0 Å². The third-order valence-electron chi connectivity index (χ3n) is 2.76. The van der Waals surface area contributed by atoms with Crippen molar-refractivity contribution in [3.8, 4) is 11.5 Å². The summed E-state index contributed by atoms with van der Waals surface area (Å²) < 4.78 is 10.9. The summed E-state index contributed by atoms with van der Waals surface area (Å²) in [5.41, 5.74) is 2.05. The fourth-order valence-electron chi connectivity index (χ4n) is 1.69. The van der Waals surface area contributed by atoms with Crippen molar-refractivity contribution in [2.24, 2.45) is 0 Å². The molecule has 4 heteroatoms. The summed E-state index contributed by atoms with van der Waals surface area (Å²) in [5.74, 6) is 1.65. The maximum absolute atomic E-state index is 6.12. The molecular weight excluding hydrogens is 328 g/mol. The van der Waals surface area contributed by atoms with E-state index >= 15 is 0 Å². The fraction of sp³-hybridized carbons (Fsp3) is 0.200. The third kappa shape index (κ3) is 3.64. The molecule has 2 nitrogen and oxygen atoms in total. The molecule has 0 spiro atoms. The van der Waals surface area contributed by atoms with Crippen LogP contribution in [0.2, 0.25) is 5.02 Å². The molecule has 0 aliphatic heterocycles. The van der Waals surface area contributed by atoms with E-state index in [1.54, 1.807) is 7.11 Å². The van der Waals surface area contributed by atoms with Gasteiger partial charge in [-0.2, -0.15) is 0 Å². The molecule has 0 unspecified atom stereocenters. The average Bonchev–Trinajstić information content (AvgIpc) is 2.45. The Labute approximate surface area is 126 Å². The van der Waals surface area contributed by atoms with Crippen molar-refractivity contribution in [3.63, 3.8) is 0 Å². The number of benzene rings is 2. The highest BCUT2D eigenvalue weighted by molar-refractivity contribution is 9.08. The zero-order valence-electron chi connectivity index (χ0n) is 10.5. The molecule has 0 radical (unpaired) electrons. The number of ether oxygens (including phenoxy) is 2. The van der Waals surface area contributed by atoms with Gasteiger partial charge in [-0.15, -0.1) is 0 Å². The second-order valence-electron chi connectivity index (χ2n) is 3.99. The van der Waals surface area contributed by atoms with Crippen LogP contribution in [0, 0.1) is 0 Å². The van der Waals surface area contributed by atoms with Crippen LogP contribution in [-0.2, 0) is 11.9 Å². The van der Waals surface area contributed by atoms with E-state index in [1.807, 2.05) is 42.5 Å². The molecule has 2 rings (SSSR count). The number of alkyl halides is 1. The standard InChI is InChI=1S/C15H14BrClO2/c1-18-12-7-5-11(6-8-12)10-19-15-4-2-3-14(17)13(15)9-16/h2-8H,9-10H2,1H3. The van der Waals surface area contributed by atoms with E-state index < -0.39 is 0 Å². The molecular formula is C15H14BrClO2. The van der Waals surface area contributed by atoms with Gasteiger partial charge in [-0.1, -0.05) is 45.7 Å². The third-order valence-corrected chi connectivity index (χ3v) is 3.68. The van der Waals surface area contributed by atoms with Crippen molar-refractivity contribution in [1.29, 1.82) is 0 Å². The first-order valence-electron chi connectivity index (χ1n) is 5.83. The van der Waals surface area contributed by atoms with Gasteiger partial charge in [-0.05, 0) is 29.8 Å². The SMILES string of the molecule is COc1ccc(COc2cccc(Cl)c2CBr)cc1. The first-order chi connectivity index (χ1) is 9.24. The van der Waals surface area contributed by atoms with Gasteiger partial charge in [-0.3, -0.25) is 0 Å². The summed E-state index contributed by atoms with van der Waals surface area (Å²) >= 11 is 9.55. The second kappa shape index (κ2) is 6.83. The second-order valence-corrected chi connectivity index (χ2v) is 4.95. The topological polar surface area (TPSA) is 18.5 Å². The number of methoxy groups -OCH3 is 1. The van der Waals surface area contributed by atoms with Crippen LogP contribution in [0.15, 0.2) is 42.5 Å². The first kappa shape index (κ1) is 14.2. The van der Waals surface area contributed by atoms with Crippen LogP contribution in [-0.4, -0.2) is 7.11 Å². The van der Waals surface area contributed by atoms with Gasteiger partial charge in [0.1, 0.15) is 18.1 Å². The van der Waals surface area contributed by atoms with Crippen LogP contribution in [0.5, 0.6) is 11.5 Å². The van der Waals surface area contributed by atoms with Gasteiger partial charge in [0.2, 0.25) is 0 Å². The van der Waals surface area contributed by atoms with Gasteiger partial charge in [0.25, 0.3) is 0 Å². The maximum atomic E-state index is 6.12. The van der Waals surface area contributed by atoms with E-state index in [2.05, 4.69) is 15.9 Å². The van der Waals surface area contributed by atoms with E-state index in [1.165, 1.54) is 0 Å². The summed E-state index contributed by atoms with van der Waals surface area (Å²) in [7, 11) is 1.65. The van der Waals surface area contributed by atoms with Crippen molar-refractivity contribution in [2.75, 3.05) is 7.11 Å². The molecule has 100 valence electrons. The highest BCUT2D eigenvalue weighted by Crippen LogP contribution is 2.29. The van der Waals surface area contributed by atoms with Crippen molar-refractivity contribution in [2.45, 2.75) is 11.9 Å². The Morgan fingerprint density at radius 1 is 1.11 bits per heavy atom. The zero-order valence-corrected chi connectivity index (χ0v) is 12.9. The van der Waals surface area contributed by atoms with Gasteiger partial charge in [0.05, 0.1) is 7.11 Å². The Morgan fingerprint density at radius 3 is 2.47 bits per heavy atom. The van der Waals surface area contributed by atoms with Gasteiger partial charge in [0, 0.05) is 15.9 Å². The molecule has 0 amide bonds. The van der Waals surface area contributed by atoms with E-state index in [0.717, 1.165) is 22.6 Å². The van der Waals surface area contributed by atoms with Crippen LogP contribution in [0.1, 0.15) is 11.1 Å². The van der Waals surface area contributed by atoms with Crippen LogP contribution in [0.25, 0.3) is 0 Å². The number of halogens is 2. The molecule has 0 heterocycles. The van der Waals surface area contributed by atoms with Gasteiger partial charge >= 0.3 is 0 Å². The summed E-state index contributed by atoms with van der Waals surface area (Å²) in [4.78, 5) is 0. The number of hydrogen-bond donors (Lipinski definition) is 0. The van der Waals surface area contributed by atoms with Crippen LogP contribution < -0.4 is 9.47 Å². The van der Waals surface area contributed by atoms with Gasteiger partial charge in [-0.25, -0.2) is 0 Å². The molecule has 19 heavy (non-hydrogen) atoms. The van der Waals surface area contributed by atoms with E-state index in [9.17, 15) is 0 Å². The summed E-state index contributed by atoms with van der Waals surface area (Å²) in [5, 5.41) is 1.38. The van der Waals surface area contributed by atoms with Crippen molar-refractivity contribution < 1.29 is 9.47 Å². The largest absolute Gasteiger partial charge is 0.497 e. The lowest BCUT2D eigenvalue weighted by Gasteiger charge is -2.11. The molecule has 0 fully saturated rings. The Hall–Kier alpha value is -1.19. The van der Waals surface area contributed by atoms with Crippen molar-refractivity contribution in [1.82, 2.24) is 0 Å². The Kier molecular flexibility index (Phi) is 5.11. The number of rotatable bonds is 5. The lowest BCUT2D eigenvalue weighted by molar-refractivity contribution is 0.303. The predicted octanol–water partition coefficient (Wildman–Crippen LogP) is 4.82. The highest BCUT2D eigenvalue weighted by atomic mass is 79.9. The zero-order chi connectivity index (χ0) is 13.7. The first-order valence-corrected chi connectivity index (χ1v) is 7.33. The quantitative estimate of drug-likeness (QED) is 0.726. The molecule has 2 aromatic rings.